The molecule has 0 fully saturated rings. The summed E-state index contributed by atoms with van der Waals surface area (Å²) in [5.41, 5.74) is 0.754. The van der Waals surface area contributed by atoms with Crippen LogP contribution in [0.5, 0.6) is 0 Å². The number of aromatic nitrogens is 2. The van der Waals surface area contributed by atoms with E-state index in [1.165, 1.54) is 6.33 Å². The first-order chi connectivity index (χ1) is 10.6. The molecule has 0 aliphatic rings. The summed E-state index contributed by atoms with van der Waals surface area (Å²) in [7, 11) is 0. The quantitative estimate of drug-likeness (QED) is 0.590. The molecule has 0 amide bonds. The van der Waals surface area contributed by atoms with Gasteiger partial charge in [0.1, 0.15) is 12.1 Å². The van der Waals surface area contributed by atoms with Crippen molar-refractivity contribution in [3.63, 3.8) is 0 Å². The van der Waals surface area contributed by atoms with Gasteiger partial charge in [-0.05, 0) is 5.56 Å². The second-order valence-corrected chi connectivity index (χ2v) is 4.64. The number of nitro groups is 1. The van der Waals surface area contributed by atoms with Crippen molar-refractivity contribution in [2.75, 3.05) is 5.32 Å². The zero-order valence-corrected chi connectivity index (χ0v) is 11.4. The molecule has 22 heavy (non-hydrogen) atoms. The summed E-state index contributed by atoms with van der Waals surface area (Å²) in [5.74, 6) is -0.484. The molecule has 0 atom stereocenters. The molecule has 2 aromatic carbocycles. The molecule has 1 heterocycles. The number of hydrogen-bond donors (Lipinski definition) is 1. The Balaban J connectivity index is 1.98. The summed E-state index contributed by atoms with van der Waals surface area (Å²) in [6, 6.07) is 11.8. The van der Waals surface area contributed by atoms with Crippen molar-refractivity contribution in [3.8, 4) is 0 Å². The smallest absolute Gasteiger partial charge is 0.305 e. The standard InChI is InChI=1S/C15H11FN4O2/c16-12-7-13-11(6-14(12)20(21)22)15(19-9-18-13)17-8-10-4-2-1-3-5-10/h1-7,9H,8H2,(H,17,18,19). The fourth-order valence-corrected chi connectivity index (χ4v) is 2.13. The van der Waals surface area contributed by atoms with E-state index in [-0.39, 0.29) is 0 Å². The second kappa shape index (κ2) is 5.72. The first kappa shape index (κ1) is 13.9. The van der Waals surface area contributed by atoms with Gasteiger partial charge < -0.3 is 5.32 Å². The first-order valence-corrected chi connectivity index (χ1v) is 6.51. The van der Waals surface area contributed by atoms with Crippen LogP contribution >= 0.6 is 0 Å². The minimum atomic E-state index is -0.912. The van der Waals surface area contributed by atoms with Gasteiger partial charge in [-0.15, -0.1) is 0 Å². The van der Waals surface area contributed by atoms with Crippen LogP contribution in [0.15, 0.2) is 48.8 Å². The lowest BCUT2D eigenvalue weighted by atomic mass is 10.2. The molecule has 0 aliphatic heterocycles. The van der Waals surface area contributed by atoms with Crippen LogP contribution in [-0.4, -0.2) is 14.9 Å². The Morgan fingerprint density at radius 3 is 2.68 bits per heavy atom. The Morgan fingerprint density at radius 2 is 1.95 bits per heavy atom. The average Bonchev–Trinajstić information content (AvgIpc) is 2.52. The van der Waals surface area contributed by atoms with Crippen LogP contribution in [0.3, 0.4) is 0 Å². The molecular weight excluding hydrogens is 287 g/mol. The number of nitrogens with one attached hydrogen (secondary N) is 1. The summed E-state index contributed by atoms with van der Waals surface area (Å²) in [6.07, 6.45) is 1.29. The highest BCUT2D eigenvalue weighted by atomic mass is 19.1. The molecule has 0 spiro atoms. The molecule has 0 radical (unpaired) electrons. The molecule has 3 rings (SSSR count). The molecular formula is C15H11FN4O2. The molecule has 1 N–H and O–H groups in total. The molecule has 1 aromatic heterocycles. The van der Waals surface area contributed by atoms with Crippen molar-refractivity contribution in [2.45, 2.75) is 6.54 Å². The van der Waals surface area contributed by atoms with Gasteiger partial charge in [-0.3, -0.25) is 10.1 Å². The van der Waals surface area contributed by atoms with Crippen molar-refractivity contribution >= 4 is 22.4 Å². The maximum absolute atomic E-state index is 13.6. The van der Waals surface area contributed by atoms with Crippen LogP contribution in [0.4, 0.5) is 15.9 Å². The SMILES string of the molecule is O=[N+]([O-])c1cc2c(NCc3ccccc3)ncnc2cc1F. The number of fused-ring (bicyclic) bond motifs is 1. The Hall–Kier alpha value is -3.09. The summed E-state index contributed by atoms with van der Waals surface area (Å²) >= 11 is 0. The largest absolute Gasteiger partial charge is 0.365 e. The van der Waals surface area contributed by atoms with Gasteiger partial charge in [-0.25, -0.2) is 9.97 Å². The Kier molecular flexibility index (Phi) is 3.61. The molecule has 6 nitrogen and oxygen atoms in total. The Labute approximate surface area is 124 Å². The van der Waals surface area contributed by atoms with E-state index in [0.717, 1.165) is 17.7 Å². The number of nitro benzene ring substituents is 1. The topological polar surface area (TPSA) is 81.0 Å². The molecule has 0 saturated carbocycles. The minimum absolute atomic E-state index is 0.314. The maximum atomic E-state index is 13.6. The van der Waals surface area contributed by atoms with Gasteiger partial charge in [0.05, 0.1) is 10.4 Å². The molecule has 7 heteroatoms. The van der Waals surface area contributed by atoms with Gasteiger partial charge in [-0.2, -0.15) is 4.39 Å². The van der Waals surface area contributed by atoms with E-state index >= 15 is 0 Å². The molecule has 3 aromatic rings. The monoisotopic (exact) mass is 298 g/mol. The Morgan fingerprint density at radius 1 is 1.18 bits per heavy atom. The van der Waals surface area contributed by atoms with Crippen LogP contribution in [0.2, 0.25) is 0 Å². The van der Waals surface area contributed by atoms with E-state index < -0.39 is 16.4 Å². The van der Waals surface area contributed by atoms with Crippen LogP contribution in [0.25, 0.3) is 10.9 Å². The Bertz CT molecular complexity index is 840. The number of anilines is 1. The average molecular weight is 298 g/mol. The maximum Gasteiger partial charge on any atom is 0.305 e. The van der Waals surface area contributed by atoms with Crippen LogP contribution in [-0.2, 0) is 6.54 Å². The lowest BCUT2D eigenvalue weighted by Gasteiger charge is -2.08. The van der Waals surface area contributed by atoms with Crippen molar-refractivity contribution in [3.05, 3.63) is 70.3 Å². The number of rotatable bonds is 4. The predicted octanol–water partition coefficient (Wildman–Crippen LogP) is 3.29. The van der Waals surface area contributed by atoms with Crippen molar-refractivity contribution < 1.29 is 9.31 Å². The highest BCUT2D eigenvalue weighted by Crippen LogP contribution is 2.27. The van der Waals surface area contributed by atoms with Crippen LogP contribution < -0.4 is 5.32 Å². The molecule has 110 valence electrons. The van der Waals surface area contributed by atoms with E-state index in [0.29, 0.717) is 23.3 Å². The van der Waals surface area contributed by atoms with Gasteiger partial charge >= 0.3 is 5.69 Å². The number of nitrogens with zero attached hydrogens (tertiary/aromatic N) is 3. The van der Waals surface area contributed by atoms with Crippen LogP contribution in [0.1, 0.15) is 5.56 Å². The van der Waals surface area contributed by atoms with E-state index in [4.69, 9.17) is 0 Å². The normalized spacial score (nSPS) is 10.6. The van der Waals surface area contributed by atoms with E-state index in [9.17, 15) is 14.5 Å². The predicted molar refractivity (Wildman–Crippen MR) is 79.9 cm³/mol. The van der Waals surface area contributed by atoms with Gasteiger partial charge in [0.2, 0.25) is 5.82 Å². The fraction of sp³-hybridized carbons (Fsp3) is 0.0667. The zero-order valence-electron chi connectivity index (χ0n) is 11.4. The summed E-state index contributed by atoms with van der Waals surface area (Å²) in [6.45, 7) is 0.498. The lowest BCUT2D eigenvalue weighted by molar-refractivity contribution is -0.387. The highest BCUT2D eigenvalue weighted by molar-refractivity contribution is 5.90. The van der Waals surface area contributed by atoms with Gasteiger partial charge in [0.25, 0.3) is 0 Å². The summed E-state index contributed by atoms with van der Waals surface area (Å²) < 4.78 is 13.6. The van der Waals surface area contributed by atoms with E-state index in [1.54, 1.807) is 0 Å². The van der Waals surface area contributed by atoms with Crippen molar-refractivity contribution in [1.82, 2.24) is 9.97 Å². The number of benzene rings is 2. The van der Waals surface area contributed by atoms with E-state index in [1.807, 2.05) is 30.3 Å². The van der Waals surface area contributed by atoms with Crippen molar-refractivity contribution in [1.29, 1.82) is 0 Å². The van der Waals surface area contributed by atoms with Gasteiger partial charge in [-0.1, -0.05) is 30.3 Å². The van der Waals surface area contributed by atoms with Gasteiger partial charge in [0, 0.05) is 24.1 Å². The summed E-state index contributed by atoms with van der Waals surface area (Å²) in [4.78, 5) is 18.1. The van der Waals surface area contributed by atoms with Crippen molar-refractivity contribution in [2.24, 2.45) is 0 Å². The molecule has 0 aliphatic carbocycles. The zero-order chi connectivity index (χ0) is 15.5. The molecule has 0 unspecified atom stereocenters. The van der Waals surface area contributed by atoms with Crippen LogP contribution in [0, 0.1) is 15.9 Å². The number of halogens is 1. The first-order valence-electron chi connectivity index (χ1n) is 6.51. The third kappa shape index (κ3) is 2.69. The van der Waals surface area contributed by atoms with Gasteiger partial charge in [0.15, 0.2) is 0 Å². The molecule has 0 saturated heterocycles. The second-order valence-electron chi connectivity index (χ2n) is 4.64. The number of hydrogen-bond acceptors (Lipinski definition) is 5. The highest BCUT2D eigenvalue weighted by Gasteiger charge is 2.17. The minimum Gasteiger partial charge on any atom is -0.365 e. The third-order valence-corrected chi connectivity index (χ3v) is 3.20. The molecule has 0 bridgehead atoms. The lowest BCUT2D eigenvalue weighted by Crippen LogP contribution is -2.03. The third-order valence-electron chi connectivity index (χ3n) is 3.20. The summed E-state index contributed by atoms with van der Waals surface area (Å²) in [5, 5.41) is 14.4. The van der Waals surface area contributed by atoms with E-state index in [2.05, 4.69) is 15.3 Å². The fourth-order valence-electron chi connectivity index (χ4n) is 2.13.